The van der Waals surface area contributed by atoms with Gasteiger partial charge in [-0.3, -0.25) is 14.7 Å². The monoisotopic (exact) mass is 555 g/mol. The van der Waals surface area contributed by atoms with E-state index in [4.69, 9.17) is 4.74 Å². The van der Waals surface area contributed by atoms with Gasteiger partial charge >= 0.3 is 0 Å². The number of anilines is 1. The third kappa shape index (κ3) is 9.09. The minimum atomic E-state index is -0.251. The molecule has 0 unspecified atom stereocenters. The van der Waals surface area contributed by atoms with E-state index in [2.05, 4.69) is 25.8 Å². The van der Waals surface area contributed by atoms with Crippen LogP contribution in [0.25, 0.3) is 0 Å². The highest BCUT2D eigenvalue weighted by Gasteiger charge is 2.12. The molecule has 2 aromatic rings. The molecule has 9 heteroatoms. The number of benzene rings is 2. The molecule has 174 valence electrons. The van der Waals surface area contributed by atoms with Gasteiger partial charge < -0.3 is 20.7 Å². The fourth-order valence-electron chi connectivity index (χ4n) is 3.26. The molecule has 0 atom stereocenters. The number of nitrogens with zero attached hydrogens (tertiary/aromatic N) is 2. The van der Waals surface area contributed by atoms with Gasteiger partial charge in [0, 0.05) is 51.9 Å². The first-order valence-corrected chi connectivity index (χ1v) is 10.5. The molecule has 3 N–H and O–H groups in total. The predicted octanol–water partition coefficient (Wildman–Crippen LogP) is 2.97. The maximum absolute atomic E-state index is 13.0. The normalized spacial score (nSPS) is 14.4. The summed E-state index contributed by atoms with van der Waals surface area (Å²) >= 11 is 0. The molecule has 0 aliphatic carbocycles. The van der Waals surface area contributed by atoms with Crippen molar-refractivity contribution in [3.05, 3.63) is 65.5 Å². The van der Waals surface area contributed by atoms with Crippen molar-refractivity contribution in [3.8, 4) is 0 Å². The van der Waals surface area contributed by atoms with E-state index in [-0.39, 0.29) is 35.7 Å². The van der Waals surface area contributed by atoms with E-state index in [1.165, 1.54) is 12.1 Å². The van der Waals surface area contributed by atoms with Crippen LogP contribution in [0.2, 0.25) is 0 Å². The van der Waals surface area contributed by atoms with Crippen LogP contribution in [0.5, 0.6) is 0 Å². The summed E-state index contributed by atoms with van der Waals surface area (Å²) in [7, 11) is 1.70. The van der Waals surface area contributed by atoms with Gasteiger partial charge in [0.15, 0.2) is 5.96 Å². The van der Waals surface area contributed by atoms with Crippen LogP contribution in [0.15, 0.2) is 53.5 Å². The first-order valence-electron chi connectivity index (χ1n) is 10.5. The Bertz CT molecular complexity index is 873. The average molecular weight is 555 g/mol. The summed E-state index contributed by atoms with van der Waals surface area (Å²) in [5.41, 5.74) is 2.77. The smallest absolute Gasteiger partial charge is 0.225 e. The minimum Gasteiger partial charge on any atom is -0.379 e. The molecule has 1 heterocycles. The zero-order valence-corrected chi connectivity index (χ0v) is 20.6. The highest BCUT2D eigenvalue weighted by atomic mass is 127. The molecular weight excluding hydrogens is 524 g/mol. The van der Waals surface area contributed by atoms with Crippen molar-refractivity contribution in [2.24, 2.45) is 4.99 Å². The lowest BCUT2D eigenvalue weighted by Crippen LogP contribution is -2.38. The SMILES string of the molecule is CN=C(NCc1ccc(F)cc1)NCc1cccc(NC(=O)CCN2CCOCC2)c1.I. The summed E-state index contributed by atoms with van der Waals surface area (Å²) in [5.74, 6) is 0.400. The molecule has 0 bridgehead atoms. The molecule has 3 rings (SSSR count). The molecule has 1 saturated heterocycles. The van der Waals surface area contributed by atoms with Crippen LogP contribution in [0.3, 0.4) is 0 Å². The Kier molecular flexibility index (Phi) is 11.4. The number of hydrogen-bond acceptors (Lipinski definition) is 4. The summed E-state index contributed by atoms with van der Waals surface area (Å²) in [6, 6.07) is 14.1. The summed E-state index contributed by atoms with van der Waals surface area (Å²) in [6.45, 7) is 5.07. The first kappa shape index (κ1) is 26.0. The fraction of sp³-hybridized carbons (Fsp3) is 0.391. The van der Waals surface area contributed by atoms with E-state index in [1.54, 1.807) is 19.2 Å². The molecule has 1 amide bonds. The van der Waals surface area contributed by atoms with Gasteiger partial charge in [-0.2, -0.15) is 0 Å². The molecule has 1 aliphatic rings. The molecule has 7 nitrogen and oxygen atoms in total. The summed E-state index contributed by atoms with van der Waals surface area (Å²) in [5, 5.41) is 9.43. The number of amides is 1. The number of ether oxygens (including phenoxy) is 1. The van der Waals surface area contributed by atoms with Crippen molar-refractivity contribution in [1.29, 1.82) is 0 Å². The van der Waals surface area contributed by atoms with Gasteiger partial charge in [-0.25, -0.2) is 4.39 Å². The van der Waals surface area contributed by atoms with Crippen LogP contribution in [0, 0.1) is 5.82 Å². The molecule has 0 aromatic heterocycles. The lowest BCUT2D eigenvalue weighted by Gasteiger charge is -2.26. The molecule has 1 fully saturated rings. The topological polar surface area (TPSA) is 78.0 Å². The predicted molar refractivity (Wildman–Crippen MR) is 136 cm³/mol. The third-order valence-electron chi connectivity index (χ3n) is 5.03. The van der Waals surface area contributed by atoms with Crippen molar-refractivity contribution >= 4 is 41.5 Å². The van der Waals surface area contributed by atoms with Gasteiger partial charge in [0.25, 0.3) is 0 Å². The zero-order chi connectivity index (χ0) is 21.9. The summed E-state index contributed by atoms with van der Waals surface area (Å²) < 4.78 is 18.3. The number of guanidine groups is 1. The van der Waals surface area contributed by atoms with Crippen LogP contribution < -0.4 is 16.0 Å². The van der Waals surface area contributed by atoms with Crippen LogP contribution in [-0.2, 0) is 22.6 Å². The van der Waals surface area contributed by atoms with Gasteiger partial charge in [-0.05, 0) is 35.4 Å². The lowest BCUT2D eigenvalue weighted by atomic mass is 10.2. The zero-order valence-electron chi connectivity index (χ0n) is 18.3. The van der Waals surface area contributed by atoms with Crippen molar-refractivity contribution < 1.29 is 13.9 Å². The van der Waals surface area contributed by atoms with E-state index in [0.717, 1.165) is 49.7 Å². The Morgan fingerprint density at radius 3 is 2.44 bits per heavy atom. The number of rotatable bonds is 8. The molecule has 2 aromatic carbocycles. The minimum absolute atomic E-state index is 0. The molecule has 32 heavy (non-hydrogen) atoms. The van der Waals surface area contributed by atoms with E-state index in [9.17, 15) is 9.18 Å². The van der Waals surface area contributed by atoms with Crippen molar-refractivity contribution in [2.45, 2.75) is 19.5 Å². The van der Waals surface area contributed by atoms with Crippen LogP contribution >= 0.6 is 24.0 Å². The second kappa shape index (κ2) is 14.0. The summed E-state index contributed by atoms with van der Waals surface area (Å²) in [6.07, 6.45) is 0.461. The number of carbonyl (C=O) groups is 1. The van der Waals surface area contributed by atoms with E-state index < -0.39 is 0 Å². The largest absolute Gasteiger partial charge is 0.379 e. The lowest BCUT2D eigenvalue weighted by molar-refractivity contribution is -0.116. The number of nitrogens with one attached hydrogen (secondary N) is 3. The number of morpholine rings is 1. The van der Waals surface area contributed by atoms with E-state index in [0.29, 0.717) is 25.5 Å². The van der Waals surface area contributed by atoms with Gasteiger partial charge in [0.1, 0.15) is 5.82 Å². The third-order valence-corrected chi connectivity index (χ3v) is 5.03. The molecule has 0 spiro atoms. The first-order chi connectivity index (χ1) is 15.1. The number of aliphatic imine (C=N–C) groups is 1. The van der Waals surface area contributed by atoms with Crippen LogP contribution in [0.1, 0.15) is 17.5 Å². The van der Waals surface area contributed by atoms with Crippen molar-refractivity contribution in [2.75, 3.05) is 45.2 Å². The number of carbonyl (C=O) groups excluding carboxylic acids is 1. The van der Waals surface area contributed by atoms with Crippen molar-refractivity contribution in [3.63, 3.8) is 0 Å². The molecule has 0 saturated carbocycles. The van der Waals surface area contributed by atoms with Gasteiger partial charge in [0.05, 0.1) is 13.2 Å². The Morgan fingerprint density at radius 2 is 1.75 bits per heavy atom. The Hall–Kier alpha value is -2.24. The average Bonchev–Trinajstić information content (AvgIpc) is 2.80. The molecular formula is C23H31FIN5O2. The summed E-state index contributed by atoms with van der Waals surface area (Å²) in [4.78, 5) is 18.7. The second-order valence-electron chi connectivity index (χ2n) is 7.36. The van der Waals surface area contributed by atoms with Gasteiger partial charge in [-0.1, -0.05) is 24.3 Å². The Balaban J connectivity index is 0.00000363. The number of hydrogen-bond donors (Lipinski definition) is 3. The molecule has 0 radical (unpaired) electrons. The maximum Gasteiger partial charge on any atom is 0.225 e. The van der Waals surface area contributed by atoms with Gasteiger partial charge in [0.2, 0.25) is 5.91 Å². The number of halogens is 2. The molecule has 1 aliphatic heterocycles. The highest BCUT2D eigenvalue weighted by Crippen LogP contribution is 2.11. The Labute approximate surface area is 205 Å². The quantitative estimate of drug-likeness (QED) is 0.265. The van der Waals surface area contributed by atoms with Crippen molar-refractivity contribution in [1.82, 2.24) is 15.5 Å². The highest BCUT2D eigenvalue weighted by molar-refractivity contribution is 14.0. The Morgan fingerprint density at radius 1 is 1.06 bits per heavy atom. The van der Waals surface area contributed by atoms with Crippen LogP contribution in [-0.4, -0.2) is 56.7 Å². The van der Waals surface area contributed by atoms with E-state index in [1.807, 2.05) is 24.3 Å². The van der Waals surface area contributed by atoms with Gasteiger partial charge in [-0.15, -0.1) is 24.0 Å². The van der Waals surface area contributed by atoms with E-state index >= 15 is 0 Å². The fourth-order valence-corrected chi connectivity index (χ4v) is 3.26. The standard InChI is InChI=1S/C23H30FN5O2.HI/c1-25-23(26-16-18-5-7-20(24)8-6-18)27-17-19-3-2-4-21(15-19)28-22(30)9-10-29-11-13-31-14-12-29;/h2-8,15H,9-14,16-17H2,1H3,(H,28,30)(H2,25,26,27);1H. The van der Waals surface area contributed by atoms with Crippen LogP contribution in [0.4, 0.5) is 10.1 Å². The maximum atomic E-state index is 13.0. The second-order valence-corrected chi connectivity index (χ2v) is 7.36.